The fourth-order valence-corrected chi connectivity index (χ4v) is 2.50. The predicted molar refractivity (Wildman–Crippen MR) is 76.7 cm³/mol. The van der Waals surface area contributed by atoms with E-state index < -0.39 is 0 Å². The molecule has 1 aromatic carbocycles. The summed E-state index contributed by atoms with van der Waals surface area (Å²) in [5.74, 6) is 0.219. The molecule has 1 saturated heterocycles. The van der Waals surface area contributed by atoms with E-state index in [2.05, 4.69) is 11.9 Å². The van der Waals surface area contributed by atoms with Gasteiger partial charge in [0.2, 0.25) is 5.91 Å². The summed E-state index contributed by atoms with van der Waals surface area (Å²) in [7, 11) is 2.11. The first-order valence-corrected chi connectivity index (χ1v) is 6.94. The van der Waals surface area contributed by atoms with Crippen molar-refractivity contribution in [2.24, 2.45) is 5.73 Å². The van der Waals surface area contributed by atoms with Crippen LogP contribution in [0.2, 0.25) is 0 Å². The molecule has 1 amide bonds. The standard InChI is InChI=1S/C15H23N3O/c1-17-7-4-8-18(10-9-17)15(19)11-13-5-2-3-6-14(13)12-16/h2-3,5-6H,4,7-12,16H2,1H3. The summed E-state index contributed by atoms with van der Waals surface area (Å²) in [6.45, 7) is 4.23. The summed E-state index contributed by atoms with van der Waals surface area (Å²) in [4.78, 5) is 16.6. The van der Waals surface area contributed by atoms with Crippen LogP contribution < -0.4 is 5.73 Å². The van der Waals surface area contributed by atoms with Gasteiger partial charge in [-0.25, -0.2) is 0 Å². The van der Waals surface area contributed by atoms with Crippen LogP contribution in [0.3, 0.4) is 0 Å². The Hall–Kier alpha value is -1.39. The maximum Gasteiger partial charge on any atom is 0.227 e. The van der Waals surface area contributed by atoms with Crippen LogP contribution in [0.1, 0.15) is 17.5 Å². The van der Waals surface area contributed by atoms with Crippen molar-refractivity contribution in [3.8, 4) is 0 Å². The first kappa shape index (κ1) is 14.0. The monoisotopic (exact) mass is 261 g/mol. The van der Waals surface area contributed by atoms with E-state index in [9.17, 15) is 4.79 Å². The van der Waals surface area contributed by atoms with Gasteiger partial charge in [-0.05, 0) is 31.1 Å². The fourth-order valence-electron chi connectivity index (χ4n) is 2.50. The summed E-state index contributed by atoms with van der Waals surface area (Å²) in [6, 6.07) is 7.94. The number of hydrogen-bond acceptors (Lipinski definition) is 3. The Morgan fingerprint density at radius 3 is 2.63 bits per heavy atom. The third-order valence-corrected chi connectivity index (χ3v) is 3.75. The number of nitrogens with two attached hydrogens (primary N) is 1. The van der Waals surface area contributed by atoms with Crippen LogP contribution in [0.25, 0.3) is 0 Å². The zero-order valence-electron chi connectivity index (χ0n) is 11.6. The molecule has 1 aromatic rings. The highest BCUT2D eigenvalue weighted by molar-refractivity contribution is 5.79. The lowest BCUT2D eigenvalue weighted by atomic mass is 10.0. The fraction of sp³-hybridized carbons (Fsp3) is 0.533. The lowest BCUT2D eigenvalue weighted by Crippen LogP contribution is -2.35. The SMILES string of the molecule is CN1CCCN(C(=O)Cc2ccccc2CN)CC1. The molecule has 19 heavy (non-hydrogen) atoms. The van der Waals surface area contributed by atoms with Crippen LogP contribution >= 0.6 is 0 Å². The minimum Gasteiger partial charge on any atom is -0.341 e. The second kappa shape index (κ2) is 6.68. The minimum atomic E-state index is 0.219. The van der Waals surface area contributed by atoms with Gasteiger partial charge in [-0.3, -0.25) is 4.79 Å². The third kappa shape index (κ3) is 3.78. The van der Waals surface area contributed by atoms with Crippen molar-refractivity contribution in [1.82, 2.24) is 9.80 Å². The van der Waals surface area contributed by atoms with Crippen molar-refractivity contribution < 1.29 is 4.79 Å². The van der Waals surface area contributed by atoms with Crippen molar-refractivity contribution in [1.29, 1.82) is 0 Å². The van der Waals surface area contributed by atoms with Gasteiger partial charge in [-0.2, -0.15) is 0 Å². The van der Waals surface area contributed by atoms with Gasteiger partial charge < -0.3 is 15.5 Å². The maximum absolute atomic E-state index is 12.4. The second-order valence-electron chi connectivity index (χ2n) is 5.19. The molecule has 0 atom stereocenters. The molecule has 104 valence electrons. The van der Waals surface area contributed by atoms with Crippen LogP contribution in [-0.2, 0) is 17.8 Å². The summed E-state index contributed by atoms with van der Waals surface area (Å²) in [6.07, 6.45) is 1.53. The van der Waals surface area contributed by atoms with Gasteiger partial charge in [-0.1, -0.05) is 24.3 Å². The molecule has 0 aromatic heterocycles. The summed E-state index contributed by atoms with van der Waals surface area (Å²) in [5.41, 5.74) is 7.85. The van der Waals surface area contributed by atoms with Crippen LogP contribution in [0.5, 0.6) is 0 Å². The lowest BCUT2D eigenvalue weighted by Gasteiger charge is -2.21. The molecule has 1 fully saturated rings. The van der Waals surface area contributed by atoms with E-state index >= 15 is 0 Å². The van der Waals surface area contributed by atoms with E-state index in [-0.39, 0.29) is 5.91 Å². The zero-order valence-corrected chi connectivity index (χ0v) is 11.6. The molecule has 4 nitrogen and oxygen atoms in total. The molecule has 4 heteroatoms. The Morgan fingerprint density at radius 1 is 1.16 bits per heavy atom. The molecular formula is C15H23N3O. The van der Waals surface area contributed by atoms with E-state index in [4.69, 9.17) is 5.73 Å². The van der Waals surface area contributed by atoms with Gasteiger partial charge in [0.25, 0.3) is 0 Å². The average molecular weight is 261 g/mol. The first-order chi connectivity index (χ1) is 9.20. The van der Waals surface area contributed by atoms with Crippen LogP contribution in [-0.4, -0.2) is 48.9 Å². The predicted octanol–water partition coefficient (Wildman–Crippen LogP) is 0.852. The van der Waals surface area contributed by atoms with Crippen molar-refractivity contribution in [3.05, 3.63) is 35.4 Å². The zero-order chi connectivity index (χ0) is 13.7. The second-order valence-corrected chi connectivity index (χ2v) is 5.19. The Morgan fingerprint density at radius 2 is 1.89 bits per heavy atom. The Bertz CT molecular complexity index is 433. The maximum atomic E-state index is 12.4. The van der Waals surface area contributed by atoms with Crippen molar-refractivity contribution in [3.63, 3.8) is 0 Å². The van der Waals surface area contributed by atoms with Crippen molar-refractivity contribution in [2.75, 3.05) is 33.2 Å². The molecule has 1 aliphatic heterocycles. The van der Waals surface area contributed by atoms with Crippen molar-refractivity contribution in [2.45, 2.75) is 19.4 Å². The molecule has 0 saturated carbocycles. The number of carbonyl (C=O) groups excluding carboxylic acids is 1. The minimum absolute atomic E-state index is 0.219. The smallest absolute Gasteiger partial charge is 0.227 e. The topological polar surface area (TPSA) is 49.6 Å². The van der Waals surface area contributed by atoms with Gasteiger partial charge in [0.1, 0.15) is 0 Å². The highest BCUT2D eigenvalue weighted by Crippen LogP contribution is 2.11. The molecule has 0 bridgehead atoms. The van der Waals surface area contributed by atoms with Gasteiger partial charge >= 0.3 is 0 Å². The van der Waals surface area contributed by atoms with Gasteiger partial charge in [0.05, 0.1) is 6.42 Å². The quantitative estimate of drug-likeness (QED) is 0.877. The number of likely N-dealkylation sites (N-methyl/N-ethyl adjacent to an activating group) is 1. The summed E-state index contributed by atoms with van der Waals surface area (Å²) < 4.78 is 0. The van der Waals surface area contributed by atoms with Crippen LogP contribution in [0.4, 0.5) is 0 Å². The van der Waals surface area contributed by atoms with E-state index in [1.54, 1.807) is 0 Å². The summed E-state index contributed by atoms with van der Waals surface area (Å²) in [5, 5.41) is 0. The summed E-state index contributed by atoms with van der Waals surface area (Å²) >= 11 is 0. The first-order valence-electron chi connectivity index (χ1n) is 6.94. The number of benzene rings is 1. The molecule has 1 heterocycles. The highest BCUT2D eigenvalue weighted by Gasteiger charge is 2.18. The number of nitrogens with zero attached hydrogens (tertiary/aromatic N) is 2. The van der Waals surface area contributed by atoms with Gasteiger partial charge in [-0.15, -0.1) is 0 Å². The molecule has 0 radical (unpaired) electrons. The molecule has 2 rings (SSSR count). The van der Waals surface area contributed by atoms with E-state index in [1.807, 2.05) is 29.2 Å². The lowest BCUT2D eigenvalue weighted by molar-refractivity contribution is -0.130. The van der Waals surface area contributed by atoms with Crippen LogP contribution in [0.15, 0.2) is 24.3 Å². The van der Waals surface area contributed by atoms with Crippen molar-refractivity contribution >= 4 is 5.91 Å². The molecule has 1 aliphatic rings. The Kier molecular flexibility index (Phi) is 4.93. The van der Waals surface area contributed by atoms with Crippen LogP contribution in [0, 0.1) is 0 Å². The van der Waals surface area contributed by atoms with Gasteiger partial charge in [0.15, 0.2) is 0 Å². The third-order valence-electron chi connectivity index (χ3n) is 3.75. The number of amides is 1. The normalized spacial score (nSPS) is 17.3. The van der Waals surface area contributed by atoms with Gasteiger partial charge in [0, 0.05) is 26.2 Å². The molecular weight excluding hydrogens is 238 g/mol. The Labute approximate surface area is 115 Å². The van der Waals surface area contributed by atoms with E-state index in [1.165, 1.54) is 0 Å². The largest absolute Gasteiger partial charge is 0.341 e. The number of hydrogen-bond donors (Lipinski definition) is 1. The highest BCUT2D eigenvalue weighted by atomic mass is 16.2. The molecule has 2 N–H and O–H groups in total. The van der Waals surface area contributed by atoms with E-state index in [0.717, 1.165) is 43.7 Å². The molecule has 0 aliphatic carbocycles. The average Bonchev–Trinajstić information content (AvgIpc) is 2.64. The van der Waals surface area contributed by atoms with E-state index in [0.29, 0.717) is 13.0 Å². The molecule has 0 spiro atoms. The number of carbonyl (C=O) groups is 1. The Balaban J connectivity index is 2.00. The molecule has 0 unspecified atom stereocenters. The number of rotatable bonds is 3.